The van der Waals surface area contributed by atoms with Crippen LogP contribution in [-0.2, 0) is 14.2 Å². The Morgan fingerprint density at radius 2 is 2.05 bits per heavy atom. The lowest BCUT2D eigenvalue weighted by Crippen LogP contribution is -2.41. The molecular weight excluding hydrogens is 256 g/mol. The Labute approximate surface area is 120 Å². The predicted molar refractivity (Wildman–Crippen MR) is 80.5 cm³/mol. The van der Waals surface area contributed by atoms with Crippen molar-refractivity contribution in [3.05, 3.63) is 0 Å². The van der Waals surface area contributed by atoms with Crippen LogP contribution in [0.3, 0.4) is 0 Å². The third kappa shape index (κ3) is 4.85. The molecule has 1 heterocycles. The van der Waals surface area contributed by atoms with E-state index in [4.69, 9.17) is 14.2 Å². The minimum absolute atomic E-state index is 0.0397. The van der Waals surface area contributed by atoms with E-state index in [1.165, 1.54) is 31.7 Å². The largest absolute Gasteiger partial charge is 0.379 e. The van der Waals surface area contributed by atoms with E-state index in [0.29, 0.717) is 12.2 Å². The van der Waals surface area contributed by atoms with Gasteiger partial charge in [-0.3, -0.25) is 0 Å². The van der Waals surface area contributed by atoms with Crippen LogP contribution in [0.1, 0.15) is 46.5 Å². The van der Waals surface area contributed by atoms with Crippen LogP contribution in [0.25, 0.3) is 0 Å². The molecule has 0 spiro atoms. The summed E-state index contributed by atoms with van der Waals surface area (Å²) in [6.45, 7) is 8.77. The molecule has 2 rings (SSSR count). The molecule has 2 aliphatic rings. The highest BCUT2D eigenvalue weighted by atomic mass is 28.2. The Balaban J connectivity index is 1.65. The first-order chi connectivity index (χ1) is 9.17. The first kappa shape index (κ1) is 15.5. The normalized spacial score (nSPS) is 33.3. The molecule has 0 amide bonds. The third-order valence-electron chi connectivity index (χ3n) is 4.54. The van der Waals surface area contributed by atoms with Gasteiger partial charge in [0.15, 0.2) is 0 Å². The molecule has 3 nitrogen and oxygen atoms in total. The Morgan fingerprint density at radius 3 is 2.74 bits per heavy atom. The topological polar surface area (TPSA) is 31.0 Å². The van der Waals surface area contributed by atoms with Crippen LogP contribution in [0.5, 0.6) is 0 Å². The van der Waals surface area contributed by atoms with E-state index in [0.717, 1.165) is 25.7 Å². The molecule has 0 aromatic rings. The summed E-state index contributed by atoms with van der Waals surface area (Å²) in [6.07, 6.45) is 6.65. The van der Waals surface area contributed by atoms with Crippen molar-refractivity contribution in [3.63, 3.8) is 0 Å². The van der Waals surface area contributed by atoms with Gasteiger partial charge in [-0.25, -0.2) is 0 Å². The van der Waals surface area contributed by atoms with Gasteiger partial charge in [-0.05, 0) is 46.0 Å². The van der Waals surface area contributed by atoms with E-state index >= 15 is 0 Å². The number of epoxide rings is 1. The summed E-state index contributed by atoms with van der Waals surface area (Å²) in [6, 6.07) is 1.38. The lowest BCUT2D eigenvalue weighted by molar-refractivity contribution is -0.0292. The first-order valence-corrected chi connectivity index (χ1v) is 9.74. The maximum Gasteiger partial charge on any atom is 0.0844 e. The Hall–Kier alpha value is 0.0969. The molecule has 0 aromatic heterocycles. The number of fused-ring (bicyclic) bond motifs is 1. The minimum atomic E-state index is -0.239. The molecule has 4 heteroatoms. The summed E-state index contributed by atoms with van der Waals surface area (Å²) in [5.41, 5.74) is 0. The van der Waals surface area contributed by atoms with Gasteiger partial charge in [-0.2, -0.15) is 0 Å². The fourth-order valence-corrected chi connectivity index (χ4v) is 5.53. The number of rotatable bonds is 9. The van der Waals surface area contributed by atoms with Crippen LogP contribution in [0.4, 0.5) is 0 Å². The third-order valence-corrected chi connectivity index (χ3v) is 6.76. The molecule has 1 aliphatic carbocycles. The lowest BCUT2D eigenvalue weighted by atomic mass is 9.88. The minimum Gasteiger partial charge on any atom is -0.379 e. The second kappa shape index (κ2) is 7.20. The standard InChI is InChI=1S/C15H30O3Si/c1-4-16-11-15(3,17-5-2)19-9-8-12-6-7-13-14(10-12)18-13/h12-14H,4-11,19H2,1-3H3. The van der Waals surface area contributed by atoms with Gasteiger partial charge in [0.2, 0.25) is 0 Å². The average molecular weight is 286 g/mol. The van der Waals surface area contributed by atoms with Crippen molar-refractivity contribution < 1.29 is 14.2 Å². The molecule has 0 aromatic carbocycles. The summed E-state index contributed by atoms with van der Waals surface area (Å²) in [4.78, 5) is 0. The molecular formula is C15H30O3Si. The summed E-state index contributed by atoms with van der Waals surface area (Å²) in [5.74, 6) is 0.911. The van der Waals surface area contributed by atoms with E-state index in [1.807, 2.05) is 0 Å². The van der Waals surface area contributed by atoms with Crippen molar-refractivity contribution in [2.24, 2.45) is 5.92 Å². The van der Waals surface area contributed by atoms with Gasteiger partial charge >= 0.3 is 0 Å². The van der Waals surface area contributed by atoms with Crippen molar-refractivity contribution in [1.82, 2.24) is 0 Å². The SMILES string of the molecule is CCOCC(C)(OCC)[SiH2]CCC1CCC2OC2C1. The van der Waals surface area contributed by atoms with Crippen molar-refractivity contribution in [2.45, 2.75) is 69.9 Å². The summed E-state index contributed by atoms with van der Waals surface area (Å²) in [5, 5.41) is 0.0397. The van der Waals surface area contributed by atoms with Crippen LogP contribution in [-0.4, -0.2) is 46.8 Å². The smallest absolute Gasteiger partial charge is 0.0844 e. The molecule has 4 atom stereocenters. The van der Waals surface area contributed by atoms with Crippen LogP contribution >= 0.6 is 0 Å². The van der Waals surface area contributed by atoms with Crippen LogP contribution in [0.2, 0.25) is 6.04 Å². The Kier molecular flexibility index (Phi) is 5.87. The molecule has 4 unspecified atom stereocenters. The van der Waals surface area contributed by atoms with Crippen molar-refractivity contribution in [2.75, 3.05) is 19.8 Å². The quantitative estimate of drug-likeness (QED) is 0.481. The summed E-state index contributed by atoms with van der Waals surface area (Å²) >= 11 is 0. The lowest BCUT2D eigenvalue weighted by Gasteiger charge is -2.30. The van der Waals surface area contributed by atoms with E-state index in [-0.39, 0.29) is 14.7 Å². The highest BCUT2D eigenvalue weighted by molar-refractivity contribution is 6.39. The van der Waals surface area contributed by atoms with E-state index in [1.54, 1.807) is 0 Å². The molecule has 2 fully saturated rings. The predicted octanol–water partition coefficient (Wildman–Crippen LogP) is 2.32. The molecule has 0 N–H and O–H groups in total. The monoisotopic (exact) mass is 286 g/mol. The second-order valence-electron chi connectivity index (χ2n) is 6.30. The molecule has 19 heavy (non-hydrogen) atoms. The highest BCUT2D eigenvalue weighted by Gasteiger charge is 2.43. The molecule has 1 saturated heterocycles. The zero-order chi connectivity index (χ0) is 13.7. The van der Waals surface area contributed by atoms with Crippen molar-refractivity contribution in [1.29, 1.82) is 0 Å². The van der Waals surface area contributed by atoms with E-state index in [9.17, 15) is 0 Å². The first-order valence-electron chi connectivity index (χ1n) is 8.04. The average Bonchev–Trinajstić information content (AvgIpc) is 3.15. The van der Waals surface area contributed by atoms with Crippen molar-refractivity contribution >= 4 is 9.52 Å². The maximum atomic E-state index is 5.96. The maximum absolute atomic E-state index is 5.96. The van der Waals surface area contributed by atoms with E-state index in [2.05, 4.69) is 20.8 Å². The second-order valence-corrected chi connectivity index (χ2v) is 9.01. The number of ether oxygens (including phenoxy) is 3. The van der Waals surface area contributed by atoms with Gasteiger partial charge in [0.1, 0.15) is 0 Å². The Bertz CT molecular complexity index is 274. The summed E-state index contributed by atoms with van der Waals surface area (Å²) in [7, 11) is -0.239. The van der Waals surface area contributed by atoms with Crippen molar-refractivity contribution in [3.8, 4) is 0 Å². The fraction of sp³-hybridized carbons (Fsp3) is 1.00. The van der Waals surface area contributed by atoms with Gasteiger partial charge in [0, 0.05) is 13.2 Å². The number of hydrogen-bond acceptors (Lipinski definition) is 3. The summed E-state index contributed by atoms with van der Waals surface area (Å²) < 4.78 is 17.2. The van der Waals surface area contributed by atoms with Gasteiger partial charge in [-0.15, -0.1) is 0 Å². The zero-order valence-electron chi connectivity index (χ0n) is 12.8. The van der Waals surface area contributed by atoms with Gasteiger partial charge in [-0.1, -0.05) is 12.5 Å². The van der Waals surface area contributed by atoms with Gasteiger partial charge < -0.3 is 14.2 Å². The molecule has 0 radical (unpaired) electrons. The van der Waals surface area contributed by atoms with Gasteiger partial charge in [0.05, 0.1) is 33.6 Å². The van der Waals surface area contributed by atoms with Crippen LogP contribution in [0.15, 0.2) is 0 Å². The van der Waals surface area contributed by atoms with E-state index < -0.39 is 0 Å². The molecule has 1 aliphatic heterocycles. The molecule has 1 saturated carbocycles. The zero-order valence-corrected chi connectivity index (χ0v) is 14.2. The molecule has 112 valence electrons. The Morgan fingerprint density at radius 1 is 1.21 bits per heavy atom. The highest BCUT2D eigenvalue weighted by Crippen LogP contribution is 2.41. The van der Waals surface area contributed by atoms with Gasteiger partial charge in [0.25, 0.3) is 0 Å². The van der Waals surface area contributed by atoms with Crippen LogP contribution < -0.4 is 0 Å². The number of hydrogen-bond donors (Lipinski definition) is 0. The van der Waals surface area contributed by atoms with Crippen LogP contribution in [0, 0.1) is 5.92 Å². The molecule has 0 bridgehead atoms. The fourth-order valence-electron chi connectivity index (χ4n) is 3.37.